The molecular weight excluding hydrogens is 349 g/mol. The molecule has 1 saturated carbocycles. The van der Waals surface area contributed by atoms with Gasteiger partial charge < -0.3 is 14.8 Å². The van der Waals surface area contributed by atoms with E-state index in [4.69, 9.17) is 44.9 Å². The Hall–Kier alpha value is -1.44. The van der Waals surface area contributed by atoms with Crippen LogP contribution in [0.2, 0.25) is 0 Å². The van der Waals surface area contributed by atoms with Crippen molar-refractivity contribution in [1.29, 1.82) is 0 Å². The molecule has 6 nitrogen and oxygen atoms in total. The number of ether oxygens (including phenoxy) is 2. The molecule has 118 valence electrons. The molecule has 22 heavy (non-hydrogen) atoms. The minimum Gasteiger partial charge on any atom is -0.454 e. The summed E-state index contributed by atoms with van der Waals surface area (Å²) in [5.74, 6) is 1.00. The molecule has 1 heterocycles. The maximum atomic E-state index is 12.0. The van der Waals surface area contributed by atoms with E-state index in [0.717, 1.165) is 0 Å². The molecule has 1 aromatic rings. The average Bonchev–Trinajstić information content (AvgIpc) is 2.82. The normalized spacial score (nSPS) is 23.6. The van der Waals surface area contributed by atoms with E-state index in [1.165, 1.54) is 0 Å². The Labute approximate surface area is 142 Å². The number of nitrogens with one attached hydrogen (secondary N) is 3. The van der Waals surface area contributed by atoms with Gasteiger partial charge >= 0.3 is 0 Å². The number of halogens is 2. The number of benzene rings is 1. The SMILES string of the molecule is CC1(C(=O)NNC(=S)Nc2ccc3c(c2)OCO3)CC1(Cl)Cl. The maximum absolute atomic E-state index is 12.0. The summed E-state index contributed by atoms with van der Waals surface area (Å²) < 4.78 is 9.47. The van der Waals surface area contributed by atoms with Gasteiger partial charge in [-0.2, -0.15) is 0 Å². The van der Waals surface area contributed by atoms with E-state index in [2.05, 4.69) is 16.2 Å². The van der Waals surface area contributed by atoms with E-state index in [0.29, 0.717) is 23.6 Å². The van der Waals surface area contributed by atoms with Gasteiger partial charge in [-0.25, -0.2) is 0 Å². The van der Waals surface area contributed by atoms with Gasteiger partial charge in [0.2, 0.25) is 12.7 Å². The summed E-state index contributed by atoms with van der Waals surface area (Å²) in [6.07, 6.45) is 0.402. The van der Waals surface area contributed by atoms with Crippen LogP contribution in [0.3, 0.4) is 0 Å². The van der Waals surface area contributed by atoms with Crippen LogP contribution in [0, 0.1) is 5.41 Å². The summed E-state index contributed by atoms with van der Waals surface area (Å²) in [5.41, 5.74) is 5.01. The van der Waals surface area contributed by atoms with Crippen LogP contribution in [0.15, 0.2) is 18.2 Å². The second-order valence-electron chi connectivity index (χ2n) is 5.31. The van der Waals surface area contributed by atoms with E-state index >= 15 is 0 Å². The van der Waals surface area contributed by atoms with Gasteiger partial charge in [0.05, 0.1) is 5.41 Å². The summed E-state index contributed by atoms with van der Waals surface area (Å²) in [4.78, 5) is 12.0. The number of rotatable bonds is 2. The van der Waals surface area contributed by atoms with Gasteiger partial charge in [0.15, 0.2) is 16.6 Å². The number of hydrazine groups is 1. The molecule has 0 saturated heterocycles. The number of hydrogen-bond acceptors (Lipinski definition) is 4. The third kappa shape index (κ3) is 2.76. The second kappa shape index (κ2) is 5.33. The first-order valence-electron chi connectivity index (χ1n) is 6.47. The number of anilines is 1. The highest BCUT2D eigenvalue weighted by atomic mass is 35.5. The number of amides is 1. The molecule has 1 aliphatic heterocycles. The smallest absolute Gasteiger partial charge is 0.247 e. The minimum absolute atomic E-state index is 0.203. The van der Waals surface area contributed by atoms with Crippen LogP contribution in [0.1, 0.15) is 13.3 Å². The maximum Gasteiger partial charge on any atom is 0.247 e. The van der Waals surface area contributed by atoms with Crippen LogP contribution >= 0.6 is 35.4 Å². The molecule has 9 heteroatoms. The number of hydrogen-bond donors (Lipinski definition) is 3. The van der Waals surface area contributed by atoms with Crippen LogP contribution < -0.4 is 25.6 Å². The first-order valence-corrected chi connectivity index (χ1v) is 7.63. The summed E-state index contributed by atoms with van der Waals surface area (Å²) in [7, 11) is 0. The molecule has 0 spiro atoms. The highest BCUT2D eigenvalue weighted by molar-refractivity contribution is 7.80. The van der Waals surface area contributed by atoms with Crippen LogP contribution in [-0.2, 0) is 4.79 Å². The highest BCUT2D eigenvalue weighted by Gasteiger charge is 2.68. The number of thiocarbonyl (C=S) groups is 1. The summed E-state index contributed by atoms with van der Waals surface area (Å²) in [5, 5.41) is 3.15. The van der Waals surface area contributed by atoms with Crippen molar-refractivity contribution in [2.75, 3.05) is 12.1 Å². The quantitative estimate of drug-likeness (QED) is 0.426. The van der Waals surface area contributed by atoms with E-state index in [1.54, 1.807) is 25.1 Å². The molecule has 3 rings (SSSR count). The third-order valence-corrected chi connectivity index (χ3v) is 4.98. The Morgan fingerprint density at radius 2 is 1.95 bits per heavy atom. The molecule has 2 aliphatic rings. The second-order valence-corrected chi connectivity index (χ2v) is 7.21. The van der Waals surface area contributed by atoms with Gasteiger partial charge in [-0.05, 0) is 37.7 Å². The zero-order valence-electron chi connectivity index (χ0n) is 11.5. The zero-order valence-corrected chi connectivity index (χ0v) is 13.9. The lowest BCUT2D eigenvalue weighted by Crippen LogP contribution is -2.47. The first kappa shape index (κ1) is 15.5. The summed E-state index contributed by atoms with van der Waals surface area (Å²) in [6.45, 7) is 1.90. The third-order valence-electron chi connectivity index (χ3n) is 3.68. The molecule has 1 amide bonds. The van der Waals surface area contributed by atoms with Crippen molar-refractivity contribution >= 4 is 52.1 Å². The lowest BCUT2D eigenvalue weighted by Gasteiger charge is -2.15. The van der Waals surface area contributed by atoms with Crippen molar-refractivity contribution in [2.24, 2.45) is 5.41 Å². The number of carbonyl (C=O) groups excluding carboxylic acids is 1. The van der Waals surface area contributed by atoms with E-state index in [9.17, 15) is 4.79 Å². The van der Waals surface area contributed by atoms with Crippen molar-refractivity contribution in [2.45, 2.75) is 17.7 Å². The molecule has 0 radical (unpaired) electrons. The predicted octanol–water partition coefficient (Wildman–Crippen LogP) is 2.32. The molecule has 1 unspecified atom stereocenters. The number of carbonyl (C=O) groups is 1. The largest absolute Gasteiger partial charge is 0.454 e. The van der Waals surface area contributed by atoms with Gasteiger partial charge in [-0.3, -0.25) is 15.6 Å². The Bertz CT molecular complexity index is 655. The monoisotopic (exact) mass is 361 g/mol. The molecule has 1 fully saturated rings. The Morgan fingerprint density at radius 3 is 2.64 bits per heavy atom. The average molecular weight is 362 g/mol. The number of fused-ring (bicyclic) bond motifs is 1. The Balaban J connectivity index is 1.52. The topological polar surface area (TPSA) is 71.6 Å². The lowest BCUT2D eigenvalue weighted by atomic mass is 10.1. The first-order chi connectivity index (χ1) is 10.3. The summed E-state index contributed by atoms with van der Waals surface area (Å²) >= 11 is 17.0. The fraction of sp³-hybridized carbons (Fsp3) is 0.385. The lowest BCUT2D eigenvalue weighted by molar-refractivity contribution is -0.126. The van der Waals surface area contributed by atoms with Crippen molar-refractivity contribution < 1.29 is 14.3 Å². The van der Waals surface area contributed by atoms with E-state index < -0.39 is 9.75 Å². The number of alkyl halides is 2. The van der Waals surface area contributed by atoms with Crippen molar-refractivity contribution in [3.05, 3.63) is 18.2 Å². The van der Waals surface area contributed by atoms with Crippen LogP contribution in [0.25, 0.3) is 0 Å². The summed E-state index contributed by atoms with van der Waals surface area (Å²) in [6, 6.07) is 5.31. The van der Waals surface area contributed by atoms with Crippen molar-refractivity contribution in [1.82, 2.24) is 10.9 Å². The molecule has 1 aliphatic carbocycles. The highest BCUT2D eigenvalue weighted by Crippen LogP contribution is 2.63. The van der Waals surface area contributed by atoms with Crippen LogP contribution in [0.4, 0.5) is 5.69 Å². The van der Waals surface area contributed by atoms with Crippen molar-refractivity contribution in [3.63, 3.8) is 0 Å². The fourth-order valence-electron chi connectivity index (χ4n) is 2.03. The Kier molecular flexibility index (Phi) is 3.74. The minimum atomic E-state index is -1.02. The van der Waals surface area contributed by atoms with E-state index in [1.807, 2.05) is 0 Å². The Morgan fingerprint density at radius 1 is 1.27 bits per heavy atom. The predicted molar refractivity (Wildman–Crippen MR) is 87.2 cm³/mol. The molecule has 3 N–H and O–H groups in total. The molecule has 0 bridgehead atoms. The zero-order chi connectivity index (χ0) is 16.0. The van der Waals surface area contributed by atoms with Gasteiger partial charge in [0, 0.05) is 11.8 Å². The van der Waals surface area contributed by atoms with Gasteiger partial charge in [-0.1, -0.05) is 0 Å². The molecule has 1 atom stereocenters. The van der Waals surface area contributed by atoms with Crippen LogP contribution in [-0.4, -0.2) is 22.1 Å². The molecule has 1 aromatic carbocycles. The van der Waals surface area contributed by atoms with Gasteiger partial charge in [-0.15, -0.1) is 23.2 Å². The van der Waals surface area contributed by atoms with Crippen molar-refractivity contribution in [3.8, 4) is 11.5 Å². The fourth-order valence-corrected chi connectivity index (χ4v) is 2.91. The molecular formula is C13H13Cl2N3O3S. The molecule has 0 aromatic heterocycles. The van der Waals surface area contributed by atoms with Gasteiger partial charge in [0.1, 0.15) is 4.33 Å². The standard InChI is InChI=1S/C13H13Cl2N3O3S/c1-12(5-13(12,14)15)10(19)17-18-11(22)16-7-2-3-8-9(4-7)21-6-20-8/h2-4H,5-6H2,1H3,(H,17,19)(H2,16,18,22). The van der Waals surface area contributed by atoms with E-state index in [-0.39, 0.29) is 17.8 Å². The van der Waals surface area contributed by atoms with Crippen LogP contribution in [0.5, 0.6) is 11.5 Å². The van der Waals surface area contributed by atoms with Gasteiger partial charge in [0.25, 0.3) is 0 Å².